The van der Waals surface area contributed by atoms with Gasteiger partial charge in [0.15, 0.2) is 0 Å². The number of nitrogens with zero attached hydrogens (tertiary/aromatic N) is 1. The van der Waals surface area contributed by atoms with E-state index >= 15 is 0 Å². The van der Waals surface area contributed by atoms with E-state index in [-0.39, 0.29) is 12.0 Å². The molecule has 1 heterocycles. The molecule has 0 aliphatic carbocycles. The number of carbonyl (C=O) groups is 1. The normalized spacial score (nSPS) is 16.1. The molecular weight excluding hydrogens is 432 g/mol. The molecule has 0 saturated heterocycles. The van der Waals surface area contributed by atoms with Crippen LogP contribution in [0.4, 0.5) is 11.4 Å². The zero-order valence-electron chi connectivity index (χ0n) is 20.6. The van der Waals surface area contributed by atoms with Gasteiger partial charge >= 0.3 is 5.97 Å². The minimum absolute atomic E-state index is 0.246. The van der Waals surface area contributed by atoms with Crippen LogP contribution in [0.15, 0.2) is 84.9 Å². The van der Waals surface area contributed by atoms with Crippen LogP contribution in [-0.4, -0.2) is 26.2 Å². The standard InChI is InChI=1S/C31H32N2O2/c1-21-15-16-26(31(34)35-3)18-30(21)33-20-23(17-25-10-5-7-14-29(25)33)19-32-22(2)27-13-8-11-24-9-4-6-12-28(24)27/h4-16,18,22-23,32H,17,19-20H2,1-3H3/t22-,23?/m1/s1. The van der Waals surface area contributed by atoms with Crippen LogP contribution in [0.5, 0.6) is 0 Å². The van der Waals surface area contributed by atoms with Crippen LogP contribution >= 0.6 is 0 Å². The fraction of sp³-hybridized carbons (Fsp3) is 0.258. The van der Waals surface area contributed by atoms with E-state index in [1.807, 2.05) is 18.2 Å². The molecule has 5 rings (SSSR count). The molecule has 4 aromatic carbocycles. The van der Waals surface area contributed by atoms with Gasteiger partial charge in [-0.3, -0.25) is 0 Å². The zero-order valence-corrected chi connectivity index (χ0v) is 20.6. The first kappa shape index (κ1) is 23.1. The number of fused-ring (bicyclic) bond motifs is 2. The molecule has 0 spiro atoms. The Balaban J connectivity index is 1.40. The third kappa shape index (κ3) is 4.67. The number of hydrogen-bond donors (Lipinski definition) is 1. The van der Waals surface area contributed by atoms with Gasteiger partial charge in [0.2, 0.25) is 0 Å². The third-order valence-electron chi connectivity index (χ3n) is 7.16. The molecule has 1 N–H and O–H groups in total. The first-order valence-electron chi connectivity index (χ1n) is 12.3. The summed E-state index contributed by atoms with van der Waals surface area (Å²) in [5.41, 5.74) is 6.67. The van der Waals surface area contributed by atoms with E-state index in [1.165, 1.54) is 34.7 Å². The maximum absolute atomic E-state index is 12.2. The summed E-state index contributed by atoms with van der Waals surface area (Å²) in [6, 6.07) is 29.8. The molecule has 1 aliphatic rings. The molecule has 2 atom stereocenters. The number of anilines is 2. The first-order chi connectivity index (χ1) is 17.0. The Morgan fingerprint density at radius 2 is 1.77 bits per heavy atom. The molecule has 0 amide bonds. The minimum Gasteiger partial charge on any atom is -0.465 e. The highest BCUT2D eigenvalue weighted by atomic mass is 16.5. The second-order valence-electron chi connectivity index (χ2n) is 9.50. The SMILES string of the molecule is COC(=O)c1ccc(C)c(N2CC(CN[C@H](C)c3cccc4ccccc34)Cc3ccccc32)c1. The number of benzene rings is 4. The number of esters is 1. The number of rotatable bonds is 6. The monoisotopic (exact) mass is 464 g/mol. The van der Waals surface area contributed by atoms with Gasteiger partial charge in [0.05, 0.1) is 12.7 Å². The van der Waals surface area contributed by atoms with Crippen molar-refractivity contribution >= 4 is 28.1 Å². The van der Waals surface area contributed by atoms with Crippen molar-refractivity contribution in [3.05, 3.63) is 107 Å². The van der Waals surface area contributed by atoms with Gasteiger partial charge in [-0.15, -0.1) is 0 Å². The molecule has 4 heteroatoms. The number of nitrogens with one attached hydrogen (secondary N) is 1. The average Bonchev–Trinajstić information content (AvgIpc) is 2.90. The molecule has 0 saturated carbocycles. The van der Waals surface area contributed by atoms with Gasteiger partial charge in [-0.2, -0.15) is 0 Å². The summed E-state index contributed by atoms with van der Waals surface area (Å²) in [6.07, 6.45) is 1.03. The number of hydrogen-bond acceptors (Lipinski definition) is 4. The molecule has 35 heavy (non-hydrogen) atoms. The summed E-state index contributed by atoms with van der Waals surface area (Å²) in [6.45, 7) is 6.15. The van der Waals surface area contributed by atoms with E-state index in [2.05, 4.69) is 90.8 Å². The Bertz CT molecular complexity index is 1360. The summed E-state index contributed by atoms with van der Waals surface area (Å²) in [5.74, 6) is 0.127. The molecule has 0 radical (unpaired) electrons. The van der Waals surface area contributed by atoms with Gasteiger partial charge in [-0.05, 0) is 71.8 Å². The van der Waals surface area contributed by atoms with Crippen LogP contribution in [0.2, 0.25) is 0 Å². The van der Waals surface area contributed by atoms with Crippen molar-refractivity contribution in [2.45, 2.75) is 26.3 Å². The van der Waals surface area contributed by atoms with Crippen molar-refractivity contribution in [2.75, 3.05) is 25.1 Å². The van der Waals surface area contributed by atoms with Gasteiger partial charge in [0, 0.05) is 30.5 Å². The fourth-order valence-electron chi connectivity index (χ4n) is 5.27. The van der Waals surface area contributed by atoms with Gasteiger partial charge in [0.1, 0.15) is 0 Å². The second-order valence-corrected chi connectivity index (χ2v) is 9.50. The van der Waals surface area contributed by atoms with E-state index in [0.717, 1.165) is 30.8 Å². The molecule has 0 fully saturated rings. The molecule has 178 valence electrons. The predicted octanol–water partition coefficient (Wildman–Crippen LogP) is 6.60. The van der Waals surface area contributed by atoms with Crippen LogP contribution in [0.3, 0.4) is 0 Å². The summed E-state index contributed by atoms with van der Waals surface area (Å²) < 4.78 is 4.98. The van der Waals surface area contributed by atoms with Crippen LogP contribution in [-0.2, 0) is 11.2 Å². The summed E-state index contributed by atoms with van der Waals surface area (Å²) in [7, 11) is 1.43. The van der Waals surface area contributed by atoms with Crippen LogP contribution in [0.1, 0.15) is 40.0 Å². The highest BCUT2D eigenvalue weighted by molar-refractivity contribution is 5.91. The van der Waals surface area contributed by atoms with Gasteiger partial charge in [0.25, 0.3) is 0 Å². The number of aryl methyl sites for hydroxylation is 1. The minimum atomic E-state index is -0.307. The van der Waals surface area contributed by atoms with E-state index in [4.69, 9.17) is 4.74 Å². The topological polar surface area (TPSA) is 41.6 Å². The lowest BCUT2D eigenvalue weighted by Gasteiger charge is -2.37. The van der Waals surface area contributed by atoms with E-state index in [1.54, 1.807) is 0 Å². The summed E-state index contributed by atoms with van der Waals surface area (Å²) in [4.78, 5) is 14.6. The smallest absolute Gasteiger partial charge is 0.337 e. The lowest BCUT2D eigenvalue weighted by Crippen LogP contribution is -2.38. The average molecular weight is 465 g/mol. The van der Waals surface area contributed by atoms with Crippen molar-refractivity contribution in [1.82, 2.24) is 5.32 Å². The van der Waals surface area contributed by atoms with Crippen molar-refractivity contribution in [1.29, 1.82) is 0 Å². The van der Waals surface area contributed by atoms with Crippen molar-refractivity contribution in [2.24, 2.45) is 5.92 Å². The number of methoxy groups -OCH3 is 1. The Morgan fingerprint density at radius 3 is 2.63 bits per heavy atom. The third-order valence-corrected chi connectivity index (χ3v) is 7.16. The Hall–Kier alpha value is -3.63. The maximum Gasteiger partial charge on any atom is 0.337 e. The number of carbonyl (C=O) groups excluding carboxylic acids is 1. The van der Waals surface area contributed by atoms with Crippen molar-refractivity contribution in [3.63, 3.8) is 0 Å². The largest absolute Gasteiger partial charge is 0.465 e. The van der Waals surface area contributed by atoms with Crippen molar-refractivity contribution in [3.8, 4) is 0 Å². The molecule has 0 bridgehead atoms. The Morgan fingerprint density at radius 1 is 1.00 bits per heavy atom. The summed E-state index contributed by atoms with van der Waals surface area (Å²) >= 11 is 0. The molecular formula is C31H32N2O2. The molecule has 4 nitrogen and oxygen atoms in total. The van der Waals surface area contributed by atoms with Crippen LogP contribution < -0.4 is 10.2 Å². The summed E-state index contributed by atoms with van der Waals surface area (Å²) in [5, 5.41) is 6.40. The number of ether oxygens (including phenoxy) is 1. The molecule has 1 aliphatic heterocycles. The first-order valence-corrected chi connectivity index (χ1v) is 12.3. The molecule has 1 unspecified atom stereocenters. The van der Waals surface area contributed by atoms with Gasteiger partial charge in [-0.1, -0.05) is 66.7 Å². The highest BCUT2D eigenvalue weighted by Crippen LogP contribution is 2.37. The van der Waals surface area contributed by atoms with Crippen molar-refractivity contribution < 1.29 is 9.53 Å². The van der Waals surface area contributed by atoms with E-state index < -0.39 is 0 Å². The highest BCUT2D eigenvalue weighted by Gasteiger charge is 2.27. The van der Waals surface area contributed by atoms with E-state index in [0.29, 0.717) is 11.5 Å². The van der Waals surface area contributed by atoms with Crippen LogP contribution in [0.25, 0.3) is 10.8 Å². The maximum atomic E-state index is 12.2. The zero-order chi connectivity index (χ0) is 24.4. The van der Waals surface area contributed by atoms with Gasteiger partial charge in [-0.25, -0.2) is 4.79 Å². The Labute approximate surface area is 207 Å². The quantitative estimate of drug-likeness (QED) is 0.327. The number of para-hydroxylation sites is 1. The van der Waals surface area contributed by atoms with Gasteiger partial charge < -0.3 is 15.0 Å². The Kier molecular flexibility index (Phi) is 6.56. The predicted molar refractivity (Wildman–Crippen MR) is 144 cm³/mol. The lowest BCUT2D eigenvalue weighted by molar-refractivity contribution is 0.0601. The van der Waals surface area contributed by atoms with E-state index in [9.17, 15) is 4.79 Å². The van der Waals surface area contributed by atoms with Crippen LogP contribution in [0, 0.1) is 12.8 Å². The molecule has 0 aromatic heterocycles. The lowest BCUT2D eigenvalue weighted by atomic mass is 9.90. The fourth-order valence-corrected chi connectivity index (χ4v) is 5.27. The second kappa shape index (κ2) is 9.93. The molecule has 4 aromatic rings.